The minimum atomic E-state index is -3.49. The fraction of sp³-hybridized carbons (Fsp3) is 0.571. The summed E-state index contributed by atoms with van der Waals surface area (Å²) in [7, 11) is -0.0645. The van der Waals surface area contributed by atoms with Crippen molar-refractivity contribution >= 4 is 10.0 Å². The quantitative estimate of drug-likeness (QED) is 0.766. The van der Waals surface area contributed by atoms with Gasteiger partial charge in [0.25, 0.3) is 0 Å². The van der Waals surface area contributed by atoms with Crippen molar-refractivity contribution in [3.8, 4) is 0 Å². The molecule has 0 amide bonds. The Morgan fingerprint density at radius 3 is 2.30 bits per heavy atom. The molecule has 0 radical (unpaired) electrons. The van der Waals surface area contributed by atoms with E-state index in [-0.39, 0.29) is 17.0 Å². The Kier molecular flexibility index (Phi) is 6.61. The molecule has 2 atom stereocenters. The summed E-state index contributed by atoms with van der Waals surface area (Å²) < 4.78 is 32.2. The second-order valence-electron chi connectivity index (χ2n) is 4.76. The van der Waals surface area contributed by atoms with Gasteiger partial charge in [0.05, 0.1) is 11.5 Å². The summed E-state index contributed by atoms with van der Waals surface area (Å²) in [6.07, 6.45) is 0.682. The highest BCUT2D eigenvalue weighted by atomic mass is 32.2. The summed E-state index contributed by atoms with van der Waals surface area (Å²) in [5.41, 5.74) is 1.05. The first-order chi connectivity index (χ1) is 9.44. The van der Waals surface area contributed by atoms with Gasteiger partial charge in [-0.3, -0.25) is 0 Å². The maximum atomic E-state index is 12.2. The van der Waals surface area contributed by atoms with Crippen molar-refractivity contribution < 1.29 is 13.2 Å². The van der Waals surface area contributed by atoms with Crippen LogP contribution in [0.25, 0.3) is 0 Å². The zero-order valence-electron chi connectivity index (χ0n) is 12.5. The van der Waals surface area contributed by atoms with Crippen molar-refractivity contribution in [2.45, 2.75) is 37.2 Å². The number of sulfonamides is 1. The number of ether oxygens (including phenoxy) is 1. The molecule has 0 aliphatic rings. The summed E-state index contributed by atoms with van der Waals surface area (Å²) in [4.78, 5) is 0.277. The van der Waals surface area contributed by atoms with Gasteiger partial charge in [0.15, 0.2) is 0 Å². The molecule has 0 aliphatic carbocycles. The monoisotopic (exact) mass is 300 g/mol. The van der Waals surface area contributed by atoms with Crippen LogP contribution in [0.1, 0.15) is 31.9 Å². The van der Waals surface area contributed by atoms with Crippen LogP contribution in [-0.2, 0) is 14.8 Å². The zero-order valence-corrected chi connectivity index (χ0v) is 13.3. The SMILES string of the molecule is CCC(COC)NS(=O)(=O)c1ccc(C(C)NC)cc1. The molecule has 0 saturated heterocycles. The van der Waals surface area contributed by atoms with E-state index < -0.39 is 10.0 Å². The average Bonchev–Trinajstić information content (AvgIpc) is 2.45. The van der Waals surface area contributed by atoms with Crippen molar-refractivity contribution in [2.24, 2.45) is 0 Å². The molecule has 2 N–H and O–H groups in total. The van der Waals surface area contributed by atoms with E-state index in [0.29, 0.717) is 13.0 Å². The van der Waals surface area contributed by atoms with E-state index in [2.05, 4.69) is 10.0 Å². The Bertz CT molecular complexity index is 500. The number of methoxy groups -OCH3 is 1. The smallest absolute Gasteiger partial charge is 0.240 e. The molecule has 0 heterocycles. The molecule has 0 bridgehead atoms. The van der Waals surface area contributed by atoms with Gasteiger partial charge < -0.3 is 10.1 Å². The van der Waals surface area contributed by atoms with Gasteiger partial charge in [-0.1, -0.05) is 19.1 Å². The van der Waals surface area contributed by atoms with E-state index in [1.54, 1.807) is 19.2 Å². The van der Waals surface area contributed by atoms with E-state index in [1.165, 1.54) is 0 Å². The molecule has 0 saturated carbocycles. The number of rotatable bonds is 8. The van der Waals surface area contributed by atoms with Gasteiger partial charge in [-0.15, -0.1) is 0 Å². The van der Waals surface area contributed by atoms with Crippen LogP contribution in [0, 0.1) is 0 Å². The second-order valence-corrected chi connectivity index (χ2v) is 6.48. The lowest BCUT2D eigenvalue weighted by Gasteiger charge is -2.17. The summed E-state index contributed by atoms with van der Waals surface area (Å²) in [6.45, 7) is 4.31. The first-order valence-corrected chi connectivity index (χ1v) is 8.21. The van der Waals surface area contributed by atoms with Crippen molar-refractivity contribution in [1.29, 1.82) is 0 Å². The Balaban J connectivity index is 2.87. The highest BCUT2D eigenvalue weighted by Crippen LogP contribution is 2.16. The van der Waals surface area contributed by atoms with Crippen molar-refractivity contribution in [2.75, 3.05) is 20.8 Å². The van der Waals surface area contributed by atoms with Crippen LogP contribution in [-0.4, -0.2) is 35.2 Å². The van der Waals surface area contributed by atoms with E-state index in [4.69, 9.17) is 4.74 Å². The summed E-state index contributed by atoms with van der Waals surface area (Å²) in [6, 6.07) is 6.90. The first kappa shape index (κ1) is 17.1. The van der Waals surface area contributed by atoms with Crippen molar-refractivity contribution in [3.63, 3.8) is 0 Å². The average molecular weight is 300 g/mol. The van der Waals surface area contributed by atoms with Gasteiger partial charge >= 0.3 is 0 Å². The molecular formula is C14H24N2O3S. The van der Waals surface area contributed by atoms with Crippen LogP contribution in [0.3, 0.4) is 0 Å². The standard InChI is InChI=1S/C14H24N2O3S/c1-5-13(10-19-4)16-20(17,18)14-8-6-12(7-9-14)11(2)15-3/h6-9,11,13,15-16H,5,10H2,1-4H3. The minimum absolute atomic E-state index is 0.191. The Morgan fingerprint density at radius 1 is 1.25 bits per heavy atom. The molecule has 1 aromatic carbocycles. The minimum Gasteiger partial charge on any atom is -0.383 e. The van der Waals surface area contributed by atoms with Crippen LogP contribution in [0.4, 0.5) is 0 Å². The zero-order chi connectivity index (χ0) is 15.2. The Labute approximate surface area is 121 Å². The largest absolute Gasteiger partial charge is 0.383 e. The van der Waals surface area contributed by atoms with E-state index in [1.807, 2.05) is 33.0 Å². The summed E-state index contributed by atoms with van der Waals surface area (Å²) >= 11 is 0. The molecule has 0 spiro atoms. The maximum Gasteiger partial charge on any atom is 0.240 e. The highest BCUT2D eigenvalue weighted by Gasteiger charge is 2.19. The fourth-order valence-corrected chi connectivity index (χ4v) is 3.13. The molecule has 5 nitrogen and oxygen atoms in total. The molecule has 6 heteroatoms. The Morgan fingerprint density at radius 2 is 1.85 bits per heavy atom. The van der Waals surface area contributed by atoms with Crippen LogP contribution >= 0.6 is 0 Å². The van der Waals surface area contributed by atoms with E-state index >= 15 is 0 Å². The summed E-state index contributed by atoms with van der Waals surface area (Å²) in [5, 5.41) is 3.12. The normalized spacial score (nSPS) is 15.0. The molecule has 1 aromatic rings. The third kappa shape index (κ3) is 4.56. The predicted molar refractivity (Wildman–Crippen MR) is 80.2 cm³/mol. The highest BCUT2D eigenvalue weighted by molar-refractivity contribution is 7.89. The maximum absolute atomic E-state index is 12.2. The first-order valence-electron chi connectivity index (χ1n) is 6.73. The lowest BCUT2D eigenvalue weighted by molar-refractivity contribution is 0.173. The van der Waals surface area contributed by atoms with Crippen LogP contribution < -0.4 is 10.0 Å². The third-order valence-electron chi connectivity index (χ3n) is 3.31. The number of benzene rings is 1. The van der Waals surface area contributed by atoms with Crippen molar-refractivity contribution in [3.05, 3.63) is 29.8 Å². The van der Waals surface area contributed by atoms with Gasteiger partial charge in [-0.25, -0.2) is 13.1 Å². The molecule has 0 aromatic heterocycles. The molecule has 2 unspecified atom stereocenters. The van der Waals surface area contributed by atoms with Crippen LogP contribution in [0.5, 0.6) is 0 Å². The summed E-state index contributed by atoms with van der Waals surface area (Å²) in [5.74, 6) is 0. The molecular weight excluding hydrogens is 276 g/mol. The van der Waals surface area contributed by atoms with Crippen LogP contribution in [0.15, 0.2) is 29.2 Å². The Hall–Kier alpha value is -0.950. The number of hydrogen-bond donors (Lipinski definition) is 2. The lowest BCUT2D eigenvalue weighted by atomic mass is 10.1. The topological polar surface area (TPSA) is 67.4 Å². The van der Waals surface area contributed by atoms with E-state index in [9.17, 15) is 8.42 Å². The van der Waals surface area contributed by atoms with Crippen molar-refractivity contribution in [1.82, 2.24) is 10.0 Å². The molecule has 0 aliphatic heterocycles. The lowest BCUT2D eigenvalue weighted by Crippen LogP contribution is -2.37. The predicted octanol–water partition coefficient (Wildman–Crippen LogP) is 1.67. The van der Waals surface area contributed by atoms with E-state index in [0.717, 1.165) is 5.56 Å². The fourth-order valence-electron chi connectivity index (χ4n) is 1.83. The third-order valence-corrected chi connectivity index (χ3v) is 4.84. The van der Waals surface area contributed by atoms with Crippen LogP contribution in [0.2, 0.25) is 0 Å². The molecule has 0 fully saturated rings. The van der Waals surface area contributed by atoms with Gasteiger partial charge in [0, 0.05) is 19.2 Å². The van der Waals surface area contributed by atoms with Gasteiger partial charge in [-0.2, -0.15) is 0 Å². The van der Waals surface area contributed by atoms with Gasteiger partial charge in [-0.05, 0) is 38.1 Å². The number of hydrogen-bond acceptors (Lipinski definition) is 4. The second kappa shape index (κ2) is 7.73. The number of nitrogens with one attached hydrogen (secondary N) is 2. The van der Waals surface area contributed by atoms with Gasteiger partial charge in [0.2, 0.25) is 10.0 Å². The molecule has 20 heavy (non-hydrogen) atoms. The van der Waals surface area contributed by atoms with Gasteiger partial charge in [0.1, 0.15) is 0 Å². The molecule has 1 rings (SSSR count). The molecule has 114 valence electrons.